The highest BCUT2D eigenvalue weighted by atomic mass is 16.5. The zero-order valence-corrected chi connectivity index (χ0v) is 12.4. The SMILES string of the molecule is C=CCCCC(NCCC)C(OC)C(C)(C)C. The predicted molar refractivity (Wildman–Crippen MR) is 76.4 cm³/mol. The Morgan fingerprint density at radius 2 is 2.00 bits per heavy atom. The Hall–Kier alpha value is -0.340. The largest absolute Gasteiger partial charge is 0.379 e. The van der Waals surface area contributed by atoms with Crippen LogP contribution in [0.2, 0.25) is 0 Å². The van der Waals surface area contributed by atoms with Crippen molar-refractivity contribution < 1.29 is 4.74 Å². The van der Waals surface area contributed by atoms with E-state index in [0.717, 1.165) is 19.4 Å². The highest BCUT2D eigenvalue weighted by molar-refractivity contribution is 4.86. The lowest BCUT2D eigenvalue weighted by molar-refractivity contribution is -0.0134. The minimum Gasteiger partial charge on any atom is -0.379 e. The maximum Gasteiger partial charge on any atom is 0.0772 e. The number of hydrogen-bond donors (Lipinski definition) is 1. The molecule has 0 aromatic carbocycles. The average Bonchev–Trinajstić information content (AvgIpc) is 2.24. The molecule has 0 fully saturated rings. The summed E-state index contributed by atoms with van der Waals surface area (Å²) in [5.74, 6) is 0. The molecule has 0 aliphatic carbocycles. The molecule has 0 aromatic rings. The fourth-order valence-electron chi connectivity index (χ4n) is 2.29. The first-order chi connectivity index (χ1) is 7.97. The van der Waals surface area contributed by atoms with Crippen molar-refractivity contribution in [3.63, 3.8) is 0 Å². The van der Waals surface area contributed by atoms with Crippen LogP contribution in [0.4, 0.5) is 0 Å². The Labute approximate surface area is 108 Å². The molecule has 102 valence electrons. The molecule has 2 atom stereocenters. The topological polar surface area (TPSA) is 21.3 Å². The zero-order chi connectivity index (χ0) is 13.3. The van der Waals surface area contributed by atoms with Gasteiger partial charge in [0.25, 0.3) is 0 Å². The Morgan fingerprint density at radius 1 is 1.35 bits per heavy atom. The van der Waals surface area contributed by atoms with Crippen molar-refractivity contribution in [3.05, 3.63) is 12.7 Å². The third-order valence-electron chi connectivity index (χ3n) is 3.05. The lowest BCUT2D eigenvalue weighted by Crippen LogP contribution is -2.48. The van der Waals surface area contributed by atoms with E-state index in [9.17, 15) is 0 Å². The van der Waals surface area contributed by atoms with Gasteiger partial charge in [0.1, 0.15) is 0 Å². The van der Waals surface area contributed by atoms with Crippen LogP contribution in [0.15, 0.2) is 12.7 Å². The molecular weight excluding hydrogens is 210 g/mol. The smallest absolute Gasteiger partial charge is 0.0772 e. The second kappa shape index (κ2) is 8.71. The number of ether oxygens (including phenoxy) is 1. The molecule has 0 aromatic heterocycles. The zero-order valence-electron chi connectivity index (χ0n) is 12.4. The van der Waals surface area contributed by atoms with Crippen molar-refractivity contribution in [2.45, 2.75) is 65.5 Å². The summed E-state index contributed by atoms with van der Waals surface area (Å²) >= 11 is 0. The van der Waals surface area contributed by atoms with Gasteiger partial charge < -0.3 is 10.1 Å². The minimum absolute atomic E-state index is 0.175. The van der Waals surface area contributed by atoms with E-state index in [1.807, 2.05) is 13.2 Å². The molecule has 0 amide bonds. The first-order valence-corrected chi connectivity index (χ1v) is 6.84. The van der Waals surface area contributed by atoms with Crippen LogP contribution in [0.1, 0.15) is 53.4 Å². The molecule has 0 radical (unpaired) electrons. The molecule has 0 saturated heterocycles. The third kappa shape index (κ3) is 6.85. The number of rotatable bonds is 9. The Kier molecular flexibility index (Phi) is 8.53. The van der Waals surface area contributed by atoms with E-state index in [0.29, 0.717) is 6.04 Å². The van der Waals surface area contributed by atoms with E-state index in [2.05, 4.69) is 39.6 Å². The molecule has 17 heavy (non-hydrogen) atoms. The molecule has 0 rings (SSSR count). The molecule has 2 nitrogen and oxygen atoms in total. The summed E-state index contributed by atoms with van der Waals surface area (Å²) in [7, 11) is 1.82. The van der Waals surface area contributed by atoms with E-state index in [4.69, 9.17) is 4.74 Å². The first-order valence-electron chi connectivity index (χ1n) is 6.84. The van der Waals surface area contributed by atoms with E-state index < -0.39 is 0 Å². The van der Waals surface area contributed by atoms with Gasteiger partial charge in [-0.3, -0.25) is 0 Å². The van der Waals surface area contributed by atoms with Gasteiger partial charge in [-0.1, -0.05) is 33.8 Å². The van der Waals surface area contributed by atoms with E-state index in [1.54, 1.807) is 0 Å². The van der Waals surface area contributed by atoms with Gasteiger partial charge >= 0.3 is 0 Å². The molecule has 0 aliphatic rings. The molecule has 0 aliphatic heterocycles. The second-order valence-electron chi connectivity index (χ2n) is 5.80. The van der Waals surface area contributed by atoms with Crippen molar-refractivity contribution >= 4 is 0 Å². The summed E-state index contributed by atoms with van der Waals surface area (Å²) in [6, 6.07) is 0.444. The van der Waals surface area contributed by atoms with Crippen molar-refractivity contribution in [3.8, 4) is 0 Å². The van der Waals surface area contributed by atoms with Gasteiger partial charge in [-0.2, -0.15) is 0 Å². The predicted octanol–water partition coefficient (Wildman–Crippen LogP) is 3.77. The normalized spacial score (nSPS) is 15.6. The van der Waals surface area contributed by atoms with Gasteiger partial charge in [0.15, 0.2) is 0 Å². The van der Waals surface area contributed by atoms with Gasteiger partial charge in [-0.25, -0.2) is 0 Å². The number of methoxy groups -OCH3 is 1. The van der Waals surface area contributed by atoms with Crippen LogP contribution < -0.4 is 5.32 Å². The summed E-state index contributed by atoms with van der Waals surface area (Å²) in [6.07, 6.45) is 6.85. The quantitative estimate of drug-likeness (QED) is 0.490. The van der Waals surface area contributed by atoms with Crippen LogP contribution in [-0.2, 0) is 4.74 Å². The maximum atomic E-state index is 5.72. The lowest BCUT2D eigenvalue weighted by Gasteiger charge is -2.36. The Balaban J connectivity index is 4.44. The first kappa shape index (κ1) is 16.7. The standard InChI is InChI=1S/C15H31NO/c1-7-9-10-11-13(16-12-8-2)14(17-6)15(3,4)5/h7,13-14,16H,1,8-12H2,2-6H3. The molecular formula is C15H31NO. The van der Waals surface area contributed by atoms with Crippen molar-refractivity contribution in [1.29, 1.82) is 0 Å². The Morgan fingerprint density at radius 3 is 2.41 bits per heavy atom. The fourth-order valence-corrected chi connectivity index (χ4v) is 2.29. The highest BCUT2D eigenvalue weighted by Gasteiger charge is 2.31. The van der Waals surface area contributed by atoms with E-state index in [-0.39, 0.29) is 11.5 Å². The Bertz CT molecular complexity index is 196. The van der Waals surface area contributed by atoms with Crippen LogP contribution in [0.5, 0.6) is 0 Å². The van der Waals surface area contributed by atoms with Crippen LogP contribution in [-0.4, -0.2) is 25.8 Å². The second-order valence-corrected chi connectivity index (χ2v) is 5.80. The lowest BCUT2D eigenvalue weighted by atomic mass is 9.82. The summed E-state index contributed by atoms with van der Waals surface area (Å²) in [5.41, 5.74) is 0.175. The molecule has 1 N–H and O–H groups in total. The third-order valence-corrected chi connectivity index (χ3v) is 3.05. The van der Waals surface area contributed by atoms with E-state index >= 15 is 0 Å². The van der Waals surface area contributed by atoms with Gasteiger partial charge in [0.2, 0.25) is 0 Å². The number of nitrogens with one attached hydrogen (secondary N) is 1. The highest BCUT2D eigenvalue weighted by Crippen LogP contribution is 2.26. The van der Waals surface area contributed by atoms with Gasteiger partial charge in [-0.05, 0) is 37.6 Å². The van der Waals surface area contributed by atoms with Crippen LogP contribution >= 0.6 is 0 Å². The molecule has 0 heterocycles. The molecule has 2 heteroatoms. The van der Waals surface area contributed by atoms with Gasteiger partial charge in [0.05, 0.1) is 6.10 Å². The number of unbranched alkanes of at least 4 members (excludes halogenated alkanes) is 1. The maximum absolute atomic E-state index is 5.72. The molecule has 2 unspecified atom stereocenters. The van der Waals surface area contributed by atoms with Crippen molar-refractivity contribution in [2.24, 2.45) is 5.41 Å². The van der Waals surface area contributed by atoms with Gasteiger partial charge in [-0.15, -0.1) is 6.58 Å². The molecule has 0 spiro atoms. The van der Waals surface area contributed by atoms with Crippen LogP contribution in [0, 0.1) is 5.41 Å². The molecule has 0 bridgehead atoms. The van der Waals surface area contributed by atoms with Crippen molar-refractivity contribution in [1.82, 2.24) is 5.32 Å². The average molecular weight is 241 g/mol. The van der Waals surface area contributed by atoms with Gasteiger partial charge in [0, 0.05) is 13.2 Å². The van der Waals surface area contributed by atoms with E-state index in [1.165, 1.54) is 12.8 Å². The fraction of sp³-hybridized carbons (Fsp3) is 0.867. The summed E-state index contributed by atoms with van der Waals surface area (Å²) in [4.78, 5) is 0. The summed E-state index contributed by atoms with van der Waals surface area (Å²) in [6.45, 7) is 13.8. The van der Waals surface area contributed by atoms with Crippen LogP contribution in [0.25, 0.3) is 0 Å². The molecule has 0 saturated carbocycles. The number of hydrogen-bond acceptors (Lipinski definition) is 2. The van der Waals surface area contributed by atoms with Crippen LogP contribution in [0.3, 0.4) is 0 Å². The minimum atomic E-state index is 0.175. The van der Waals surface area contributed by atoms with Crippen molar-refractivity contribution in [2.75, 3.05) is 13.7 Å². The monoisotopic (exact) mass is 241 g/mol. The summed E-state index contributed by atoms with van der Waals surface area (Å²) in [5, 5.41) is 3.63. The summed E-state index contributed by atoms with van der Waals surface area (Å²) < 4.78 is 5.72. The number of allylic oxidation sites excluding steroid dienone is 1.